The van der Waals surface area contributed by atoms with E-state index in [1.165, 1.54) is 12.4 Å². The van der Waals surface area contributed by atoms with Crippen molar-refractivity contribution in [2.75, 3.05) is 12.4 Å². The first kappa shape index (κ1) is 13.7. The van der Waals surface area contributed by atoms with E-state index in [2.05, 4.69) is 9.72 Å². The molecule has 7 nitrogen and oxygen atoms in total. The van der Waals surface area contributed by atoms with Crippen LogP contribution in [0.5, 0.6) is 5.88 Å². The molecule has 0 aromatic carbocycles. The van der Waals surface area contributed by atoms with E-state index in [0.29, 0.717) is 6.20 Å². The molecule has 0 atom stereocenters. The number of amides is 1. The number of nitrogens with one attached hydrogen (secondary N) is 1. The molecule has 1 amide bonds. The van der Waals surface area contributed by atoms with E-state index >= 15 is 0 Å². The van der Waals surface area contributed by atoms with Crippen molar-refractivity contribution < 1.29 is 27.6 Å². The third-order valence-electron chi connectivity index (χ3n) is 1.77. The Morgan fingerprint density at radius 3 is 2.61 bits per heavy atom. The van der Waals surface area contributed by atoms with Crippen molar-refractivity contribution in [3.05, 3.63) is 22.4 Å². The summed E-state index contributed by atoms with van der Waals surface area (Å²) in [5, 5.41) is 12.0. The molecule has 1 aromatic rings. The van der Waals surface area contributed by atoms with Gasteiger partial charge in [-0.05, 0) is 0 Å². The SMILES string of the molecule is COc1cc([N+](=O)[O-])c(NC(=O)C(F)(F)F)cn1. The largest absolute Gasteiger partial charge is 0.481 e. The van der Waals surface area contributed by atoms with Gasteiger partial charge in [0.15, 0.2) is 0 Å². The van der Waals surface area contributed by atoms with Crippen molar-refractivity contribution in [2.24, 2.45) is 0 Å². The quantitative estimate of drug-likeness (QED) is 0.660. The number of nitrogens with zero attached hydrogens (tertiary/aromatic N) is 2. The lowest BCUT2D eigenvalue weighted by Gasteiger charge is -2.08. The monoisotopic (exact) mass is 265 g/mol. The van der Waals surface area contributed by atoms with Gasteiger partial charge in [-0.25, -0.2) is 4.98 Å². The van der Waals surface area contributed by atoms with Crippen LogP contribution in [0.3, 0.4) is 0 Å². The van der Waals surface area contributed by atoms with Gasteiger partial charge in [0.2, 0.25) is 5.88 Å². The van der Waals surface area contributed by atoms with Gasteiger partial charge in [0, 0.05) is 0 Å². The number of pyridine rings is 1. The molecule has 0 radical (unpaired) electrons. The van der Waals surface area contributed by atoms with Gasteiger partial charge in [0.25, 0.3) is 5.69 Å². The molecule has 0 fully saturated rings. The van der Waals surface area contributed by atoms with Crippen LogP contribution in [0.1, 0.15) is 0 Å². The molecule has 98 valence electrons. The molecule has 1 N–H and O–H groups in total. The van der Waals surface area contributed by atoms with Gasteiger partial charge in [-0.2, -0.15) is 13.2 Å². The second kappa shape index (κ2) is 4.85. The summed E-state index contributed by atoms with van der Waals surface area (Å²) in [6.45, 7) is 0. The minimum absolute atomic E-state index is 0.160. The summed E-state index contributed by atoms with van der Waals surface area (Å²) in [7, 11) is 1.18. The normalized spacial score (nSPS) is 10.9. The van der Waals surface area contributed by atoms with Crippen molar-refractivity contribution >= 4 is 17.3 Å². The fourth-order valence-corrected chi connectivity index (χ4v) is 0.978. The Balaban J connectivity index is 3.09. The highest BCUT2D eigenvalue weighted by molar-refractivity contribution is 5.96. The maximum Gasteiger partial charge on any atom is 0.471 e. The van der Waals surface area contributed by atoms with Crippen LogP contribution < -0.4 is 10.1 Å². The van der Waals surface area contributed by atoms with Crippen LogP contribution in [0, 0.1) is 10.1 Å². The van der Waals surface area contributed by atoms with Gasteiger partial charge in [-0.1, -0.05) is 0 Å². The molecule has 0 aliphatic heterocycles. The summed E-state index contributed by atoms with van der Waals surface area (Å²) in [6.07, 6.45) is -4.44. The molecular weight excluding hydrogens is 259 g/mol. The molecule has 0 bridgehead atoms. The number of methoxy groups -OCH3 is 1. The van der Waals surface area contributed by atoms with Gasteiger partial charge in [-0.15, -0.1) is 0 Å². The van der Waals surface area contributed by atoms with Crippen LogP contribution in [0.15, 0.2) is 12.3 Å². The molecule has 18 heavy (non-hydrogen) atoms. The standard InChI is InChI=1S/C8H6F3N3O4/c1-18-6-2-5(14(16)17)4(3-12-6)13-7(15)8(9,10)11/h2-3H,1H3,(H,13,15). The Morgan fingerprint density at radius 2 is 2.17 bits per heavy atom. The number of alkyl halides is 3. The number of hydrogen-bond donors (Lipinski definition) is 1. The molecule has 10 heteroatoms. The number of carbonyl (C=O) groups is 1. The number of aromatic nitrogens is 1. The van der Waals surface area contributed by atoms with Crippen LogP contribution in [0.25, 0.3) is 0 Å². The van der Waals surface area contributed by atoms with E-state index in [1.807, 2.05) is 0 Å². The van der Waals surface area contributed by atoms with Gasteiger partial charge in [0.05, 0.1) is 24.3 Å². The number of halogens is 3. The van der Waals surface area contributed by atoms with E-state index in [-0.39, 0.29) is 5.88 Å². The third kappa shape index (κ3) is 3.06. The summed E-state index contributed by atoms with van der Waals surface area (Å²) in [4.78, 5) is 23.8. The molecule has 1 rings (SSSR count). The van der Waals surface area contributed by atoms with Crippen LogP contribution in [-0.4, -0.2) is 29.1 Å². The Bertz CT molecular complexity index is 489. The van der Waals surface area contributed by atoms with E-state index in [4.69, 9.17) is 0 Å². The van der Waals surface area contributed by atoms with E-state index in [9.17, 15) is 28.1 Å². The summed E-state index contributed by atoms with van der Waals surface area (Å²) in [6, 6.07) is 0.798. The molecule has 1 heterocycles. The number of carbonyl (C=O) groups excluding carboxylic acids is 1. The summed E-state index contributed by atoms with van der Waals surface area (Å²) in [5.41, 5.74) is -1.41. The van der Waals surface area contributed by atoms with Crippen molar-refractivity contribution in [1.82, 2.24) is 4.98 Å². The molecule has 0 unspecified atom stereocenters. The molecular formula is C8H6F3N3O4. The number of rotatable bonds is 3. The number of ether oxygens (including phenoxy) is 1. The predicted molar refractivity (Wildman–Crippen MR) is 52.1 cm³/mol. The predicted octanol–water partition coefficient (Wildman–Crippen LogP) is 1.50. The maximum absolute atomic E-state index is 12.0. The van der Waals surface area contributed by atoms with E-state index in [0.717, 1.165) is 6.07 Å². The Kier molecular flexibility index (Phi) is 3.69. The number of nitro groups is 1. The average Bonchev–Trinajstić information content (AvgIpc) is 2.27. The van der Waals surface area contributed by atoms with E-state index < -0.39 is 28.4 Å². The average molecular weight is 265 g/mol. The highest BCUT2D eigenvalue weighted by Crippen LogP contribution is 2.28. The minimum Gasteiger partial charge on any atom is -0.481 e. The van der Waals surface area contributed by atoms with Gasteiger partial charge < -0.3 is 10.1 Å². The Morgan fingerprint density at radius 1 is 1.56 bits per heavy atom. The summed E-state index contributed by atoms with van der Waals surface area (Å²) in [5.74, 6) is -2.48. The second-order valence-corrected chi connectivity index (χ2v) is 2.95. The molecule has 0 spiro atoms. The minimum atomic E-state index is -5.15. The van der Waals surface area contributed by atoms with Crippen molar-refractivity contribution in [2.45, 2.75) is 6.18 Å². The lowest BCUT2D eigenvalue weighted by atomic mass is 10.3. The smallest absolute Gasteiger partial charge is 0.471 e. The maximum atomic E-state index is 12.0. The van der Waals surface area contributed by atoms with Crippen molar-refractivity contribution in [3.8, 4) is 5.88 Å². The highest BCUT2D eigenvalue weighted by Gasteiger charge is 2.39. The lowest BCUT2D eigenvalue weighted by molar-refractivity contribution is -0.384. The first-order chi connectivity index (χ1) is 8.25. The zero-order chi connectivity index (χ0) is 13.9. The Hall–Kier alpha value is -2.39. The van der Waals surface area contributed by atoms with Crippen LogP contribution in [0.2, 0.25) is 0 Å². The second-order valence-electron chi connectivity index (χ2n) is 2.95. The Labute approximate surface area is 97.7 Å². The zero-order valence-corrected chi connectivity index (χ0v) is 8.82. The highest BCUT2D eigenvalue weighted by atomic mass is 19.4. The molecule has 0 saturated heterocycles. The zero-order valence-electron chi connectivity index (χ0n) is 8.82. The number of hydrogen-bond acceptors (Lipinski definition) is 5. The van der Waals surface area contributed by atoms with Gasteiger partial charge >= 0.3 is 12.1 Å². The van der Waals surface area contributed by atoms with Crippen molar-refractivity contribution in [1.29, 1.82) is 0 Å². The van der Waals surface area contributed by atoms with Crippen LogP contribution >= 0.6 is 0 Å². The lowest BCUT2D eigenvalue weighted by Crippen LogP contribution is -2.30. The van der Waals surface area contributed by atoms with Gasteiger partial charge in [-0.3, -0.25) is 14.9 Å². The first-order valence-corrected chi connectivity index (χ1v) is 4.32. The summed E-state index contributed by atoms with van der Waals surface area (Å²) >= 11 is 0. The fraction of sp³-hybridized carbons (Fsp3) is 0.250. The van der Waals surface area contributed by atoms with Crippen molar-refractivity contribution in [3.63, 3.8) is 0 Å². The molecule has 0 saturated carbocycles. The van der Waals surface area contributed by atoms with Gasteiger partial charge in [0.1, 0.15) is 5.69 Å². The van der Waals surface area contributed by atoms with Crippen LogP contribution in [-0.2, 0) is 4.79 Å². The molecule has 0 aliphatic rings. The van der Waals surface area contributed by atoms with Crippen LogP contribution in [0.4, 0.5) is 24.5 Å². The molecule has 1 aromatic heterocycles. The topological polar surface area (TPSA) is 94.4 Å². The summed E-state index contributed by atoms with van der Waals surface area (Å²) < 4.78 is 40.5. The molecule has 0 aliphatic carbocycles. The fourth-order valence-electron chi connectivity index (χ4n) is 0.978. The third-order valence-corrected chi connectivity index (χ3v) is 1.77. The first-order valence-electron chi connectivity index (χ1n) is 4.32. The van der Waals surface area contributed by atoms with E-state index in [1.54, 1.807) is 0 Å². The number of anilines is 1.